The summed E-state index contributed by atoms with van der Waals surface area (Å²) >= 11 is 0. The van der Waals surface area contributed by atoms with E-state index in [-0.39, 0.29) is 11.4 Å². The van der Waals surface area contributed by atoms with Crippen LogP contribution in [0.15, 0.2) is 12.1 Å². The highest BCUT2D eigenvalue weighted by Crippen LogP contribution is 2.32. The van der Waals surface area contributed by atoms with Gasteiger partial charge in [-0.3, -0.25) is 0 Å². The number of rotatable bonds is 4. The van der Waals surface area contributed by atoms with Gasteiger partial charge in [0, 0.05) is 12.2 Å². The Morgan fingerprint density at radius 1 is 1.27 bits per heavy atom. The number of benzene rings is 1. The van der Waals surface area contributed by atoms with E-state index in [0.29, 0.717) is 6.54 Å². The van der Waals surface area contributed by atoms with E-state index < -0.39 is 11.6 Å². The maximum absolute atomic E-state index is 13.3. The predicted molar refractivity (Wildman–Crippen MR) is 56.6 cm³/mol. The largest absolute Gasteiger partial charge is 0.399 e. The van der Waals surface area contributed by atoms with Crippen LogP contribution in [0.1, 0.15) is 19.3 Å². The van der Waals surface area contributed by atoms with Gasteiger partial charge in [-0.25, -0.2) is 8.78 Å². The van der Waals surface area contributed by atoms with E-state index >= 15 is 0 Å². The van der Waals surface area contributed by atoms with Gasteiger partial charge in [0.1, 0.15) is 5.69 Å². The predicted octanol–water partition coefficient (Wildman–Crippen LogP) is 2.76. The third-order valence-corrected chi connectivity index (χ3v) is 2.62. The molecule has 1 fully saturated rings. The Balaban J connectivity index is 1.99. The highest BCUT2D eigenvalue weighted by molar-refractivity contribution is 5.53. The standard InChI is InChI=1S/C11H14F2N2/c12-9-5-8(14)6-10(13)11(9)15-4-3-7-1-2-7/h5-7,15H,1-4,14H2. The summed E-state index contributed by atoms with van der Waals surface area (Å²) in [7, 11) is 0. The van der Waals surface area contributed by atoms with Gasteiger partial charge in [0.25, 0.3) is 0 Å². The summed E-state index contributed by atoms with van der Waals surface area (Å²) in [5, 5.41) is 2.77. The van der Waals surface area contributed by atoms with Crippen LogP contribution in [0, 0.1) is 17.6 Å². The van der Waals surface area contributed by atoms with Gasteiger partial charge >= 0.3 is 0 Å². The van der Waals surface area contributed by atoms with Crippen molar-refractivity contribution in [2.75, 3.05) is 17.6 Å². The van der Waals surface area contributed by atoms with Crippen LogP contribution in [0.4, 0.5) is 20.2 Å². The minimum atomic E-state index is -0.622. The van der Waals surface area contributed by atoms with Crippen LogP contribution >= 0.6 is 0 Å². The maximum atomic E-state index is 13.3. The normalized spacial score (nSPS) is 15.3. The molecule has 1 aromatic rings. The zero-order valence-corrected chi connectivity index (χ0v) is 8.39. The summed E-state index contributed by atoms with van der Waals surface area (Å²) in [5.41, 5.74) is 5.35. The molecule has 1 aromatic carbocycles. The number of halogens is 2. The van der Waals surface area contributed by atoms with Crippen molar-refractivity contribution >= 4 is 11.4 Å². The molecule has 15 heavy (non-hydrogen) atoms. The Kier molecular flexibility index (Phi) is 2.75. The average Bonchev–Trinajstić information content (AvgIpc) is 2.93. The Bertz CT molecular complexity index is 339. The van der Waals surface area contributed by atoms with Crippen molar-refractivity contribution in [1.29, 1.82) is 0 Å². The Labute approximate surface area is 87.5 Å². The molecular formula is C11H14F2N2. The van der Waals surface area contributed by atoms with Crippen LogP contribution in [0.25, 0.3) is 0 Å². The molecule has 2 nitrogen and oxygen atoms in total. The van der Waals surface area contributed by atoms with E-state index in [9.17, 15) is 8.78 Å². The van der Waals surface area contributed by atoms with Gasteiger partial charge < -0.3 is 11.1 Å². The molecule has 0 amide bonds. The second-order valence-electron chi connectivity index (χ2n) is 4.02. The lowest BCUT2D eigenvalue weighted by Crippen LogP contribution is -2.06. The van der Waals surface area contributed by atoms with Gasteiger partial charge in [-0.2, -0.15) is 0 Å². The molecule has 0 unspecified atom stereocenters. The number of nitrogens with two attached hydrogens (primary N) is 1. The fourth-order valence-corrected chi connectivity index (χ4v) is 1.57. The molecule has 0 heterocycles. The summed E-state index contributed by atoms with van der Waals surface area (Å²) in [4.78, 5) is 0. The number of nitrogens with one attached hydrogen (secondary N) is 1. The monoisotopic (exact) mass is 212 g/mol. The van der Waals surface area contributed by atoms with Crippen LogP contribution in [-0.2, 0) is 0 Å². The summed E-state index contributed by atoms with van der Waals surface area (Å²) in [6.45, 7) is 0.614. The molecule has 0 bridgehead atoms. The van der Waals surface area contributed by atoms with E-state index in [2.05, 4.69) is 5.32 Å². The van der Waals surface area contributed by atoms with Gasteiger partial charge in [0.05, 0.1) is 0 Å². The third-order valence-electron chi connectivity index (χ3n) is 2.62. The second-order valence-corrected chi connectivity index (χ2v) is 4.02. The molecule has 0 aromatic heterocycles. The van der Waals surface area contributed by atoms with Crippen molar-refractivity contribution in [3.05, 3.63) is 23.8 Å². The van der Waals surface area contributed by atoms with Gasteiger partial charge in [-0.1, -0.05) is 12.8 Å². The van der Waals surface area contributed by atoms with E-state index in [0.717, 1.165) is 24.5 Å². The van der Waals surface area contributed by atoms with E-state index in [1.165, 1.54) is 12.8 Å². The minimum absolute atomic E-state index is 0.0650. The maximum Gasteiger partial charge on any atom is 0.151 e. The SMILES string of the molecule is Nc1cc(F)c(NCCC2CC2)c(F)c1. The van der Waals surface area contributed by atoms with Crippen molar-refractivity contribution in [3.8, 4) is 0 Å². The molecule has 0 aliphatic heterocycles. The minimum Gasteiger partial charge on any atom is -0.399 e. The molecule has 1 saturated carbocycles. The molecule has 4 heteroatoms. The van der Waals surface area contributed by atoms with Crippen molar-refractivity contribution in [3.63, 3.8) is 0 Å². The molecule has 0 atom stereocenters. The molecule has 82 valence electrons. The number of anilines is 2. The first-order valence-electron chi connectivity index (χ1n) is 5.15. The lowest BCUT2D eigenvalue weighted by Gasteiger charge is -2.08. The van der Waals surface area contributed by atoms with Gasteiger partial charge in [0.15, 0.2) is 11.6 Å². The van der Waals surface area contributed by atoms with Crippen molar-refractivity contribution in [1.82, 2.24) is 0 Å². The number of nitrogen functional groups attached to an aromatic ring is 1. The zero-order chi connectivity index (χ0) is 10.8. The zero-order valence-electron chi connectivity index (χ0n) is 8.39. The van der Waals surface area contributed by atoms with E-state index in [1.807, 2.05) is 0 Å². The van der Waals surface area contributed by atoms with Crippen LogP contribution in [0.3, 0.4) is 0 Å². The molecule has 3 N–H and O–H groups in total. The van der Waals surface area contributed by atoms with E-state index in [1.54, 1.807) is 0 Å². The van der Waals surface area contributed by atoms with Gasteiger partial charge in [-0.05, 0) is 24.5 Å². The van der Waals surface area contributed by atoms with Gasteiger partial charge in [0.2, 0.25) is 0 Å². The molecule has 0 spiro atoms. The highest BCUT2D eigenvalue weighted by atomic mass is 19.1. The first-order chi connectivity index (χ1) is 7.16. The molecule has 1 aliphatic carbocycles. The second kappa shape index (κ2) is 4.04. The first kappa shape index (κ1) is 10.2. The van der Waals surface area contributed by atoms with Crippen molar-refractivity contribution in [2.24, 2.45) is 5.92 Å². The van der Waals surface area contributed by atoms with Gasteiger partial charge in [-0.15, -0.1) is 0 Å². The lowest BCUT2D eigenvalue weighted by molar-refractivity contribution is 0.587. The number of hydrogen-bond acceptors (Lipinski definition) is 2. The fourth-order valence-electron chi connectivity index (χ4n) is 1.57. The summed E-state index contributed by atoms with van der Waals surface area (Å²) in [6, 6.07) is 2.26. The molecule has 0 radical (unpaired) electrons. The summed E-state index contributed by atoms with van der Waals surface area (Å²) in [6.07, 6.45) is 3.46. The highest BCUT2D eigenvalue weighted by Gasteiger charge is 2.20. The summed E-state index contributed by atoms with van der Waals surface area (Å²) in [5.74, 6) is -0.496. The fraction of sp³-hybridized carbons (Fsp3) is 0.455. The number of hydrogen-bond donors (Lipinski definition) is 2. The smallest absolute Gasteiger partial charge is 0.151 e. The Morgan fingerprint density at radius 2 is 1.87 bits per heavy atom. The molecular weight excluding hydrogens is 198 g/mol. The van der Waals surface area contributed by atoms with E-state index in [4.69, 9.17) is 5.73 Å². The van der Waals surface area contributed by atoms with Crippen LogP contribution in [-0.4, -0.2) is 6.54 Å². The average molecular weight is 212 g/mol. The Morgan fingerprint density at radius 3 is 2.40 bits per heavy atom. The Hall–Kier alpha value is -1.32. The van der Waals surface area contributed by atoms with Crippen LogP contribution in [0.2, 0.25) is 0 Å². The topological polar surface area (TPSA) is 38.0 Å². The van der Waals surface area contributed by atoms with Crippen LogP contribution in [0.5, 0.6) is 0 Å². The molecule has 0 saturated heterocycles. The molecule has 1 aliphatic rings. The lowest BCUT2D eigenvalue weighted by atomic mass is 10.2. The van der Waals surface area contributed by atoms with Crippen molar-refractivity contribution in [2.45, 2.75) is 19.3 Å². The van der Waals surface area contributed by atoms with Crippen LogP contribution < -0.4 is 11.1 Å². The summed E-state index contributed by atoms with van der Waals surface area (Å²) < 4.78 is 26.5. The third kappa shape index (κ3) is 2.58. The van der Waals surface area contributed by atoms with Crippen molar-refractivity contribution < 1.29 is 8.78 Å². The first-order valence-corrected chi connectivity index (χ1v) is 5.15. The molecule has 2 rings (SSSR count). The quantitative estimate of drug-likeness (QED) is 0.753.